The van der Waals surface area contributed by atoms with Gasteiger partial charge >= 0.3 is 0 Å². The molecule has 0 aromatic carbocycles. The molecule has 178 valence electrons. The highest BCUT2D eigenvalue weighted by Gasteiger charge is 2.39. The summed E-state index contributed by atoms with van der Waals surface area (Å²) in [7, 11) is 3.41. The van der Waals surface area contributed by atoms with Crippen molar-refractivity contribution in [1.82, 2.24) is 10.6 Å². The normalized spacial score (nSPS) is 19.7. The minimum absolute atomic E-state index is 0.0225. The van der Waals surface area contributed by atoms with Gasteiger partial charge in [0.15, 0.2) is 0 Å². The van der Waals surface area contributed by atoms with Gasteiger partial charge in [-0.15, -0.1) is 0 Å². The second-order valence-corrected chi connectivity index (χ2v) is 9.75. The van der Waals surface area contributed by atoms with Gasteiger partial charge in [0.1, 0.15) is 0 Å². The van der Waals surface area contributed by atoms with E-state index in [4.69, 9.17) is 9.47 Å². The number of carbonyl (C=O) groups is 2. The van der Waals surface area contributed by atoms with Crippen LogP contribution in [-0.2, 0) is 19.1 Å². The molecule has 0 aliphatic heterocycles. The second-order valence-electron chi connectivity index (χ2n) is 9.75. The largest absolute Gasteiger partial charge is 0.379 e. The van der Waals surface area contributed by atoms with Gasteiger partial charge < -0.3 is 20.1 Å². The van der Waals surface area contributed by atoms with Crippen LogP contribution in [0.3, 0.4) is 0 Å². The lowest BCUT2D eigenvalue weighted by atomic mass is 9.75. The molecule has 0 radical (unpaired) electrons. The van der Waals surface area contributed by atoms with Gasteiger partial charge in [0.05, 0.1) is 11.2 Å². The number of hydrogen-bond donors (Lipinski definition) is 2. The number of amides is 2. The fraction of sp³-hybridized carbons (Fsp3) is 0.917. The molecule has 30 heavy (non-hydrogen) atoms. The van der Waals surface area contributed by atoms with Crippen molar-refractivity contribution in [2.75, 3.05) is 20.8 Å². The number of ether oxygens (including phenoxy) is 2. The second kappa shape index (κ2) is 12.0. The quantitative estimate of drug-likeness (QED) is 0.399. The summed E-state index contributed by atoms with van der Waals surface area (Å²) in [6.07, 6.45) is 4.87. The molecule has 2 amide bonds. The highest BCUT2D eigenvalue weighted by Crippen LogP contribution is 2.35. The first kappa shape index (κ1) is 28.9. The van der Waals surface area contributed by atoms with Crippen LogP contribution >= 0.6 is 0 Å². The van der Waals surface area contributed by atoms with Crippen molar-refractivity contribution >= 4 is 11.8 Å². The number of nitrogens with one attached hydrogen (secondary N) is 2. The number of carbonyl (C=O) groups excluding carboxylic acids is 2. The third-order valence-electron chi connectivity index (χ3n) is 7.20. The first-order valence-electron chi connectivity index (χ1n) is 11.5. The summed E-state index contributed by atoms with van der Waals surface area (Å²) in [4.78, 5) is 25.5. The summed E-state index contributed by atoms with van der Waals surface area (Å²) in [5.74, 6) is -0.0755. The lowest BCUT2D eigenvalue weighted by Crippen LogP contribution is -2.51. The summed E-state index contributed by atoms with van der Waals surface area (Å²) >= 11 is 0. The minimum atomic E-state index is -0.531. The zero-order valence-electron chi connectivity index (χ0n) is 21.3. The molecule has 2 N–H and O–H groups in total. The molecule has 6 nitrogen and oxygen atoms in total. The first-order chi connectivity index (χ1) is 13.8. The summed E-state index contributed by atoms with van der Waals surface area (Å²) in [5.41, 5.74) is -1.49. The maximum atomic E-state index is 12.9. The van der Waals surface area contributed by atoms with Crippen molar-refractivity contribution < 1.29 is 19.1 Å². The third-order valence-corrected chi connectivity index (χ3v) is 7.20. The molecule has 3 unspecified atom stereocenters. The maximum Gasteiger partial charge on any atom is 0.226 e. The Morgan fingerprint density at radius 1 is 0.767 bits per heavy atom. The Morgan fingerprint density at radius 3 is 1.67 bits per heavy atom. The SMILES string of the molecule is CCC(C)(CC(C)(CC)OC)NC(=O)CCNC(=O)C(C)(CC)C[C@](C)(CC)OC. The van der Waals surface area contributed by atoms with E-state index < -0.39 is 5.41 Å². The Kier molecular flexibility index (Phi) is 11.6. The van der Waals surface area contributed by atoms with E-state index in [1.165, 1.54) is 0 Å². The van der Waals surface area contributed by atoms with Gasteiger partial charge in [0.2, 0.25) is 11.8 Å². The van der Waals surface area contributed by atoms with Crippen LogP contribution in [0.1, 0.15) is 100 Å². The molecular weight excluding hydrogens is 380 g/mol. The topological polar surface area (TPSA) is 76.7 Å². The van der Waals surface area contributed by atoms with Crippen LogP contribution in [0.15, 0.2) is 0 Å². The first-order valence-corrected chi connectivity index (χ1v) is 11.5. The van der Waals surface area contributed by atoms with Crippen molar-refractivity contribution in [3.63, 3.8) is 0 Å². The van der Waals surface area contributed by atoms with E-state index in [2.05, 4.69) is 45.3 Å². The molecule has 0 saturated heterocycles. The van der Waals surface area contributed by atoms with E-state index in [9.17, 15) is 9.59 Å². The van der Waals surface area contributed by atoms with Crippen molar-refractivity contribution in [3.8, 4) is 0 Å². The summed E-state index contributed by atoms with van der Waals surface area (Å²) < 4.78 is 11.3. The lowest BCUT2D eigenvalue weighted by Gasteiger charge is -2.38. The lowest BCUT2D eigenvalue weighted by molar-refractivity contribution is -0.135. The average Bonchev–Trinajstić information content (AvgIpc) is 2.72. The molecule has 0 aromatic rings. The van der Waals surface area contributed by atoms with Gasteiger partial charge in [-0.2, -0.15) is 0 Å². The van der Waals surface area contributed by atoms with Crippen LogP contribution in [0.4, 0.5) is 0 Å². The van der Waals surface area contributed by atoms with Gasteiger partial charge in [-0.05, 0) is 59.3 Å². The van der Waals surface area contributed by atoms with Crippen molar-refractivity contribution in [2.45, 2.75) is 117 Å². The molecule has 4 atom stereocenters. The number of hydrogen-bond acceptors (Lipinski definition) is 4. The molecule has 0 heterocycles. The fourth-order valence-corrected chi connectivity index (χ4v) is 3.86. The molecular formula is C24H48N2O4. The standard InChI is InChI=1S/C24H48N2O4/c1-11-21(5,17-23(7,13-3)29-9)20(28)25-16-15-19(27)26-22(6,12-2)18-24(8,14-4)30-10/h11-18H2,1-10H3,(H,25,28)(H,26,27)/t21?,22?,23-,24?/m0/s1. The molecule has 0 spiro atoms. The van der Waals surface area contributed by atoms with Crippen LogP contribution in [0.25, 0.3) is 0 Å². The van der Waals surface area contributed by atoms with E-state index in [-0.39, 0.29) is 35.0 Å². The van der Waals surface area contributed by atoms with Crippen molar-refractivity contribution in [3.05, 3.63) is 0 Å². The Morgan fingerprint density at radius 2 is 1.27 bits per heavy atom. The summed E-state index contributed by atoms with van der Waals surface area (Å²) in [6, 6.07) is 0. The van der Waals surface area contributed by atoms with E-state index in [0.717, 1.165) is 25.7 Å². The summed E-state index contributed by atoms with van der Waals surface area (Å²) in [5, 5.41) is 6.13. The van der Waals surface area contributed by atoms with Gasteiger partial charge in [0.25, 0.3) is 0 Å². The van der Waals surface area contributed by atoms with Gasteiger partial charge in [-0.25, -0.2) is 0 Å². The van der Waals surface area contributed by atoms with Crippen molar-refractivity contribution in [2.24, 2.45) is 5.41 Å². The predicted molar refractivity (Wildman–Crippen MR) is 124 cm³/mol. The van der Waals surface area contributed by atoms with E-state index >= 15 is 0 Å². The van der Waals surface area contributed by atoms with Crippen molar-refractivity contribution in [1.29, 1.82) is 0 Å². The van der Waals surface area contributed by atoms with E-state index in [1.54, 1.807) is 14.2 Å². The minimum Gasteiger partial charge on any atom is -0.379 e. The molecule has 0 aromatic heterocycles. The molecule has 0 saturated carbocycles. The highest BCUT2D eigenvalue weighted by molar-refractivity contribution is 5.83. The highest BCUT2D eigenvalue weighted by atomic mass is 16.5. The van der Waals surface area contributed by atoms with Crippen LogP contribution in [0, 0.1) is 5.41 Å². The Hall–Kier alpha value is -1.14. The monoisotopic (exact) mass is 428 g/mol. The van der Waals surface area contributed by atoms with Gasteiger partial charge in [-0.1, -0.05) is 34.6 Å². The number of rotatable bonds is 15. The zero-order chi connectivity index (χ0) is 23.6. The average molecular weight is 429 g/mol. The van der Waals surface area contributed by atoms with Gasteiger partial charge in [-0.3, -0.25) is 9.59 Å². The zero-order valence-corrected chi connectivity index (χ0v) is 21.3. The summed E-state index contributed by atoms with van der Waals surface area (Å²) in [6.45, 7) is 16.7. The smallest absolute Gasteiger partial charge is 0.226 e. The van der Waals surface area contributed by atoms with E-state index in [1.807, 2.05) is 20.8 Å². The maximum absolute atomic E-state index is 12.9. The van der Waals surface area contributed by atoms with Crippen LogP contribution in [-0.4, -0.2) is 49.3 Å². The molecule has 0 bridgehead atoms. The third kappa shape index (κ3) is 8.54. The van der Waals surface area contributed by atoms with Crippen LogP contribution in [0.2, 0.25) is 0 Å². The van der Waals surface area contributed by atoms with Crippen LogP contribution in [0.5, 0.6) is 0 Å². The van der Waals surface area contributed by atoms with E-state index in [0.29, 0.717) is 19.4 Å². The molecule has 0 aliphatic rings. The molecule has 0 aliphatic carbocycles. The Balaban J connectivity index is 4.85. The Bertz CT molecular complexity index is 543. The van der Waals surface area contributed by atoms with Gasteiger partial charge in [0, 0.05) is 38.1 Å². The molecule has 0 fully saturated rings. The predicted octanol–water partition coefficient (Wildman–Crippen LogP) is 4.60. The number of methoxy groups -OCH3 is 2. The fourth-order valence-electron chi connectivity index (χ4n) is 3.86. The van der Waals surface area contributed by atoms with Crippen LogP contribution < -0.4 is 10.6 Å². The molecule has 6 heteroatoms. The molecule has 0 rings (SSSR count). The Labute approximate surface area is 185 Å².